The third kappa shape index (κ3) is 3.49. The third-order valence-corrected chi connectivity index (χ3v) is 6.33. The van der Waals surface area contributed by atoms with Crippen molar-refractivity contribution in [1.29, 1.82) is 0 Å². The lowest BCUT2D eigenvalue weighted by Gasteiger charge is -2.33. The smallest absolute Gasteiger partial charge is 0.249 e. The van der Waals surface area contributed by atoms with E-state index in [2.05, 4.69) is 20.9 Å². The van der Waals surface area contributed by atoms with Crippen molar-refractivity contribution in [2.45, 2.75) is 10.3 Å². The Labute approximate surface area is 141 Å². The zero-order valence-electron chi connectivity index (χ0n) is 11.5. The zero-order valence-corrected chi connectivity index (χ0v) is 14.7. The number of morpholine rings is 1. The molecule has 118 valence electrons. The van der Waals surface area contributed by atoms with Crippen LogP contribution in [0.4, 0.5) is 5.13 Å². The van der Waals surface area contributed by atoms with Crippen LogP contribution in [0.2, 0.25) is 0 Å². The molecule has 1 fully saturated rings. The molecule has 2 N–H and O–H groups in total. The number of sulfonamides is 1. The zero-order chi connectivity index (χ0) is 15.7. The van der Waals surface area contributed by atoms with Crippen molar-refractivity contribution >= 4 is 42.4 Å². The lowest BCUT2D eigenvalue weighted by atomic mass is 10.1. The minimum absolute atomic E-state index is 0.0660. The number of aromatic nitrogens is 1. The van der Waals surface area contributed by atoms with Gasteiger partial charge in [0.2, 0.25) is 10.0 Å². The van der Waals surface area contributed by atoms with Crippen molar-refractivity contribution in [2.75, 3.05) is 24.6 Å². The Kier molecular flexibility index (Phi) is 4.51. The first-order valence-corrected chi connectivity index (χ1v) is 9.70. The summed E-state index contributed by atoms with van der Waals surface area (Å²) < 4.78 is 29.6. The Bertz CT molecular complexity index is 761. The molecule has 1 aromatic carbocycles. The predicted molar refractivity (Wildman–Crippen MR) is 88.5 cm³/mol. The number of primary sulfonamides is 1. The van der Waals surface area contributed by atoms with Gasteiger partial charge in [-0.15, -0.1) is 0 Å². The van der Waals surface area contributed by atoms with Crippen LogP contribution in [-0.2, 0) is 14.8 Å². The van der Waals surface area contributed by atoms with Crippen LogP contribution in [0.5, 0.6) is 0 Å². The topological polar surface area (TPSA) is 85.5 Å². The molecule has 0 saturated carbocycles. The first-order valence-electron chi connectivity index (χ1n) is 6.54. The van der Waals surface area contributed by atoms with E-state index in [1.54, 1.807) is 0 Å². The van der Waals surface area contributed by atoms with Crippen LogP contribution in [0.3, 0.4) is 0 Å². The van der Waals surface area contributed by atoms with Crippen molar-refractivity contribution in [2.24, 2.45) is 5.14 Å². The molecule has 1 aromatic heterocycles. The summed E-state index contributed by atoms with van der Waals surface area (Å²) in [6, 6.07) is 7.96. The summed E-state index contributed by atoms with van der Waals surface area (Å²) >= 11 is 4.50. The van der Waals surface area contributed by atoms with Gasteiger partial charge >= 0.3 is 0 Å². The van der Waals surface area contributed by atoms with E-state index in [1.807, 2.05) is 29.2 Å². The van der Waals surface area contributed by atoms with Crippen LogP contribution in [0.1, 0.15) is 11.7 Å². The third-order valence-electron chi connectivity index (χ3n) is 3.33. The SMILES string of the molecule is NS(=O)(=O)c1cnc(N2CCO[C@@H](c3ccc(Br)cc3)C2)s1. The number of nitrogens with two attached hydrogens (primary N) is 1. The molecule has 0 bridgehead atoms. The Morgan fingerprint density at radius 3 is 2.73 bits per heavy atom. The molecule has 22 heavy (non-hydrogen) atoms. The second kappa shape index (κ2) is 6.25. The standard InChI is InChI=1S/C13H14BrN3O3S2/c14-10-3-1-9(2-4-10)11-8-17(5-6-20-11)13-16-7-12(21-13)22(15,18)19/h1-4,7,11H,5-6,8H2,(H2,15,18,19)/t11-/m1/s1. The molecule has 1 aliphatic heterocycles. The average molecular weight is 404 g/mol. The van der Waals surface area contributed by atoms with Crippen LogP contribution >= 0.6 is 27.3 Å². The van der Waals surface area contributed by atoms with Crippen LogP contribution in [0.15, 0.2) is 39.1 Å². The fraction of sp³-hybridized carbons (Fsp3) is 0.308. The van der Waals surface area contributed by atoms with E-state index in [9.17, 15) is 8.42 Å². The second-order valence-electron chi connectivity index (χ2n) is 4.86. The number of anilines is 1. The number of hydrogen-bond acceptors (Lipinski definition) is 6. The summed E-state index contributed by atoms with van der Waals surface area (Å²) in [7, 11) is -3.70. The Morgan fingerprint density at radius 1 is 1.36 bits per heavy atom. The molecule has 0 spiro atoms. The molecule has 0 radical (unpaired) electrons. The maximum atomic E-state index is 11.3. The molecule has 0 aliphatic carbocycles. The summed E-state index contributed by atoms with van der Waals surface area (Å²) in [5.41, 5.74) is 1.08. The summed E-state index contributed by atoms with van der Waals surface area (Å²) in [4.78, 5) is 6.19. The van der Waals surface area contributed by atoms with Gasteiger partial charge in [-0.3, -0.25) is 0 Å². The summed E-state index contributed by atoms with van der Waals surface area (Å²) in [6.45, 7) is 1.86. The predicted octanol–water partition coefficient (Wildman–Crippen LogP) is 2.13. The fourth-order valence-corrected chi connectivity index (χ4v) is 4.07. The van der Waals surface area contributed by atoms with Crippen LogP contribution < -0.4 is 10.0 Å². The van der Waals surface area contributed by atoms with Crippen LogP contribution in [-0.4, -0.2) is 33.1 Å². The number of thiazole rings is 1. The van der Waals surface area contributed by atoms with Gasteiger partial charge in [-0.05, 0) is 17.7 Å². The van der Waals surface area contributed by atoms with Crippen molar-refractivity contribution in [3.63, 3.8) is 0 Å². The molecule has 6 nitrogen and oxygen atoms in total. The van der Waals surface area contributed by atoms with E-state index >= 15 is 0 Å². The monoisotopic (exact) mass is 403 g/mol. The summed E-state index contributed by atoms with van der Waals surface area (Å²) in [6.07, 6.45) is 1.24. The fourth-order valence-electron chi connectivity index (χ4n) is 2.23. The van der Waals surface area contributed by atoms with Gasteiger partial charge in [-0.25, -0.2) is 18.5 Å². The maximum absolute atomic E-state index is 11.3. The number of benzene rings is 1. The van der Waals surface area contributed by atoms with E-state index in [4.69, 9.17) is 9.88 Å². The molecule has 2 aromatic rings. The van der Waals surface area contributed by atoms with Gasteiger partial charge in [-0.1, -0.05) is 39.4 Å². The van der Waals surface area contributed by atoms with Gasteiger partial charge in [0.15, 0.2) is 9.34 Å². The largest absolute Gasteiger partial charge is 0.370 e. The number of ether oxygens (including phenoxy) is 1. The molecule has 2 heterocycles. The first kappa shape index (κ1) is 15.9. The second-order valence-corrected chi connectivity index (χ2v) is 8.58. The molecular weight excluding hydrogens is 390 g/mol. The van der Waals surface area contributed by atoms with Crippen molar-refractivity contribution in [1.82, 2.24) is 4.98 Å². The van der Waals surface area contributed by atoms with E-state index in [0.717, 1.165) is 21.4 Å². The van der Waals surface area contributed by atoms with Gasteiger partial charge in [0, 0.05) is 11.0 Å². The average Bonchev–Trinajstić information content (AvgIpc) is 2.98. The van der Waals surface area contributed by atoms with Crippen LogP contribution in [0, 0.1) is 0 Å². The Morgan fingerprint density at radius 2 is 2.09 bits per heavy atom. The van der Waals surface area contributed by atoms with Crippen molar-refractivity contribution in [3.8, 4) is 0 Å². The highest BCUT2D eigenvalue weighted by molar-refractivity contribution is 9.10. The van der Waals surface area contributed by atoms with Gasteiger partial charge in [0.1, 0.15) is 6.10 Å². The van der Waals surface area contributed by atoms with Gasteiger partial charge in [-0.2, -0.15) is 0 Å². The lowest BCUT2D eigenvalue weighted by Crippen LogP contribution is -2.38. The van der Waals surface area contributed by atoms with E-state index in [0.29, 0.717) is 24.8 Å². The van der Waals surface area contributed by atoms with Gasteiger partial charge < -0.3 is 9.64 Å². The first-order chi connectivity index (χ1) is 10.4. The van der Waals surface area contributed by atoms with E-state index in [-0.39, 0.29) is 10.3 Å². The molecule has 0 amide bonds. The molecule has 1 aliphatic rings. The molecule has 1 saturated heterocycles. The minimum atomic E-state index is -3.70. The maximum Gasteiger partial charge on any atom is 0.249 e. The Hall–Kier alpha value is -1.000. The molecule has 0 unspecified atom stereocenters. The van der Waals surface area contributed by atoms with Crippen molar-refractivity contribution in [3.05, 3.63) is 40.5 Å². The molecule has 3 rings (SSSR count). The van der Waals surface area contributed by atoms with E-state index in [1.165, 1.54) is 6.20 Å². The van der Waals surface area contributed by atoms with Gasteiger partial charge in [0.05, 0.1) is 19.3 Å². The van der Waals surface area contributed by atoms with Crippen molar-refractivity contribution < 1.29 is 13.2 Å². The molecular formula is C13H14BrN3O3S2. The normalized spacial score (nSPS) is 19.4. The quantitative estimate of drug-likeness (QED) is 0.847. The molecule has 1 atom stereocenters. The highest BCUT2D eigenvalue weighted by Crippen LogP contribution is 2.30. The number of rotatable bonds is 3. The highest BCUT2D eigenvalue weighted by atomic mass is 79.9. The summed E-state index contributed by atoms with van der Waals surface area (Å²) in [5, 5.41) is 5.77. The summed E-state index contributed by atoms with van der Waals surface area (Å²) in [5.74, 6) is 0. The number of halogens is 1. The van der Waals surface area contributed by atoms with Gasteiger partial charge in [0.25, 0.3) is 0 Å². The minimum Gasteiger partial charge on any atom is -0.370 e. The number of hydrogen-bond donors (Lipinski definition) is 1. The van der Waals surface area contributed by atoms with E-state index < -0.39 is 10.0 Å². The Balaban J connectivity index is 1.78. The lowest BCUT2D eigenvalue weighted by molar-refractivity contribution is 0.0398. The highest BCUT2D eigenvalue weighted by Gasteiger charge is 2.25. The number of nitrogens with zero attached hydrogens (tertiary/aromatic N) is 2. The molecule has 9 heteroatoms. The van der Waals surface area contributed by atoms with Crippen LogP contribution in [0.25, 0.3) is 0 Å².